The molecular weight excluding hydrogens is 432 g/mol. The summed E-state index contributed by atoms with van der Waals surface area (Å²) in [4.78, 5) is 30.9. The maximum atomic E-state index is 13.4. The number of nitrogens with one attached hydrogen (secondary N) is 3. The monoisotopic (exact) mass is 468 g/mol. The van der Waals surface area contributed by atoms with Crippen molar-refractivity contribution in [3.05, 3.63) is 56.5 Å². The smallest absolute Gasteiger partial charge is 0.253 e. The van der Waals surface area contributed by atoms with Crippen molar-refractivity contribution in [3.8, 4) is 5.75 Å². The maximum absolute atomic E-state index is 13.4. The highest BCUT2D eigenvalue weighted by molar-refractivity contribution is 5.97. The molecule has 2 aromatic rings. The molecule has 0 aliphatic carbocycles. The molecule has 184 valence electrons. The number of carbonyl (C=O) groups excluding carboxylic acids is 1. The Kier molecular flexibility index (Phi) is 7.58. The van der Waals surface area contributed by atoms with E-state index in [1.165, 1.54) is 0 Å². The van der Waals surface area contributed by atoms with Crippen molar-refractivity contribution >= 4 is 11.6 Å². The number of anilines is 1. The highest BCUT2D eigenvalue weighted by Crippen LogP contribution is 2.33. The van der Waals surface area contributed by atoms with Crippen molar-refractivity contribution in [2.75, 3.05) is 37.7 Å². The largest absolute Gasteiger partial charge is 0.488 e. The molecule has 3 N–H and O–H groups in total. The molecule has 0 saturated carbocycles. The van der Waals surface area contributed by atoms with Crippen LogP contribution in [0.2, 0.25) is 0 Å². The fourth-order valence-electron chi connectivity index (χ4n) is 4.80. The molecule has 0 radical (unpaired) electrons. The SMILES string of the molecule is CCN(c1cc(OC2CNC2)cc(C(=O)NCc2c(C)cc(C)[nH]c2=O)c1C)C1CCOCC1. The van der Waals surface area contributed by atoms with Gasteiger partial charge in [-0.1, -0.05) is 0 Å². The number of aryl methyl sites for hydroxylation is 2. The van der Waals surface area contributed by atoms with Crippen LogP contribution in [0.15, 0.2) is 23.0 Å². The predicted octanol–water partition coefficient (Wildman–Crippen LogP) is 2.59. The summed E-state index contributed by atoms with van der Waals surface area (Å²) in [6.07, 6.45) is 2.03. The standard InChI is InChI=1S/C26H36N4O4/c1-5-30(19-6-8-33-9-7-19)24-12-20(34-21-13-27-14-21)11-22(18(24)4)25(31)28-15-23-16(2)10-17(3)29-26(23)32/h10-12,19,21,27H,5-9,13-15H2,1-4H3,(H,28,31)(H,29,32). The number of pyridine rings is 1. The summed E-state index contributed by atoms with van der Waals surface area (Å²) in [5.41, 5.74) is 4.59. The van der Waals surface area contributed by atoms with Crippen LogP contribution in [0.1, 0.15) is 52.5 Å². The van der Waals surface area contributed by atoms with Gasteiger partial charge in [-0.15, -0.1) is 0 Å². The van der Waals surface area contributed by atoms with E-state index in [-0.39, 0.29) is 24.1 Å². The zero-order chi connectivity index (χ0) is 24.2. The van der Waals surface area contributed by atoms with E-state index in [0.717, 1.165) is 68.2 Å². The molecule has 8 nitrogen and oxygen atoms in total. The number of benzene rings is 1. The van der Waals surface area contributed by atoms with E-state index in [0.29, 0.717) is 22.9 Å². The molecule has 1 aromatic heterocycles. The molecule has 3 heterocycles. The minimum Gasteiger partial charge on any atom is -0.488 e. The lowest BCUT2D eigenvalue weighted by Gasteiger charge is -2.37. The number of rotatable bonds is 8. The molecule has 1 aromatic carbocycles. The van der Waals surface area contributed by atoms with Crippen molar-refractivity contribution in [3.63, 3.8) is 0 Å². The zero-order valence-corrected chi connectivity index (χ0v) is 20.6. The van der Waals surface area contributed by atoms with E-state index in [2.05, 4.69) is 33.5 Å². The quantitative estimate of drug-likeness (QED) is 0.551. The second-order valence-electron chi connectivity index (χ2n) is 9.27. The number of ether oxygens (including phenoxy) is 2. The van der Waals surface area contributed by atoms with Gasteiger partial charge < -0.3 is 30.0 Å². The summed E-state index contributed by atoms with van der Waals surface area (Å²) in [5.74, 6) is 0.491. The number of hydrogen-bond donors (Lipinski definition) is 3. The van der Waals surface area contributed by atoms with Crippen molar-refractivity contribution in [2.24, 2.45) is 0 Å². The third-order valence-electron chi connectivity index (χ3n) is 6.85. The topological polar surface area (TPSA) is 95.7 Å². The molecular formula is C26H36N4O4. The lowest BCUT2D eigenvalue weighted by Crippen LogP contribution is -2.50. The van der Waals surface area contributed by atoms with Crippen LogP contribution in [-0.4, -0.2) is 55.9 Å². The minimum absolute atomic E-state index is 0.110. The number of carbonyl (C=O) groups is 1. The number of amides is 1. The van der Waals surface area contributed by atoms with Crippen LogP contribution in [-0.2, 0) is 11.3 Å². The Morgan fingerprint density at radius 3 is 2.53 bits per heavy atom. The summed E-state index contributed by atoms with van der Waals surface area (Å²) >= 11 is 0. The minimum atomic E-state index is -0.210. The molecule has 2 fully saturated rings. The number of H-pyrrole nitrogens is 1. The fraction of sp³-hybridized carbons (Fsp3) is 0.538. The highest BCUT2D eigenvalue weighted by atomic mass is 16.5. The van der Waals surface area contributed by atoms with Gasteiger partial charge in [0.15, 0.2) is 0 Å². The van der Waals surface area contributed by atoms with Crippen molar-refractivity contribution in [1.82, 2.24) is 15.6 Å². The molecule has 0 spiro atoms. The Labute approximate surface area is 201 Å². The number of nitrogens with zero attached hydrogens (tertiary/aromatic N) is 1. The normalized spacial score (nSPS) is 16.7. The van der Waals surface area contributed by atoms with Gasteiger partial charge in [-0.3, -0.25) is 9.59 Å². The van der Waals surface area contributed by atoms with Crippen LogP contribution in [0, 0.1) is 20.8 Å². The Bertz CT molecular complexity index is 1090. The van der Waals surface area contributed by atoms with Crippen LogP contribution in [0.4, 0.5) is 5.69 Å². The molecule has 0 atom stereocenters. The van der Waals surface area contributed by atoms with Crippen molar-refractivity contribution < 1.29 is 14.3 Å². The van der Waals surface area contributed by atoms with E-state index in [1.54, 1.807) is 0 Å². The molecule has 8 heteroatoms. The van der Waals surface area contributed by atoms with Crippen LogP contribution in [0.25, 0.3) is 0 Å². The number of aromatic amines is 1. The van der Waals surface area contributed by atoms with Gasteiger partial charge in [-0.2, -0.15) is 0 Å². The van der Waals surface area contributed by atoms with E-state index in [9.17, 15) is 9.59 Å². The summed E-state index contributed by atoms with van der Waals surface area (Å²) in [5, 5.41) is 6.19. The Morgan fingerprint density at radius 1 is 1.18 bits per heavy atom. The zero-order valence-electron chi connectivity index (χ0n) is 20.6. The van der Waals surface area contributed by atoms with Gasteiger partial charge >= 0.3 is 0 Å². The summed E-state index contributed by atoms with van der Waals surface area (Å²) in [6, 6.07) is 6.18. The predicted molar refractivity (Wildman–Crippen MR) is 133 cm³/mol. The highest BCUT2D eigenvalue weighted by Gasteiger charge is 2.26. The Balaban J connectivity index is 1.63. The van der Waals surface area contributed by atoms with Gasteiger partial charge in [0.05, 0.1) is 0 Å². The van der Waals surface area contributed by atoms with E-state index in [4.69, 9.17) is 9.47 Å². The summed E-state index contributed by atoms with van der Waals surface area (Å²) in [6.45, 7) is 12.0. The molecule has 34 heavy (non-hydrogen) atoms. The fourth-order valence-corrected chi connectivity index (χ4v) is 4.80. The Morgan fingerprint density at radius 2 is 1.91 bits per heavy atom. The average molecular weight is 469 g/mol. The molecule has 1 amide bonds. The van der Waals surface area contributed by atoms with E-state index >= 15 is 0 Å². The molecule has 0 unspecified atom stereocenters. The first-order chi connectivity index (χ1) is 16.4. The van der Waals surface area contributed by atoms with Crippen molar-refractivity contribution in [1.29, 1.82) is 0 Å². The first-order valence-electron chi connectivity index (χ1n) is 12.2. The van der Waals surface area contributed by atoms with Gasteiger partial charge in [-0.25, -0.2) is 0 Å². The lowest BCUT2D eigenvalue weighted by molar-refractivity contribution is 0.0845. The lowest BCUT2D eigenvalue weighted by atomic mass is 10.00. The van der Waals surface area contributed by atoms with Gasteiger partial charge in [0.2, 0.25) is 0 Å². The van der Waals surface area contributed by atoms with Gasteiger partial charge in [-0.05, 0) is 63.8 Å². The number of hydrogen-bond acceptors (Lipinski definition) is 6. The van der Waals surface area contributed by atoms with Crippen LogP contribution < -0.4 is 25.8 Å². The second kappa shape index (κ2) is 10.6. The van der Waals surface area contributed by atoms with E-state index < -0.39 is 0 Å². The molecule has 2 aliphatic heterocycles. The van der Waals surface area contributed by atoms with Crippen LogP contribution in [0.3, 0.4) is 0 Å². The first-order valence-corrected chi connectivity index (χ1v) is 12.2. The van der Waals surface area contributed by atoms with Gasteiger partial charge in [0, 0.05) is 74.0 Å². The number of aromatic nitrogens is 1. The summed E-state index contributed by atoms with van der Waals surface area (Å²) in [7, 11) is 0. The third-order valence-corrected chi connectivity index (χ3v) is 6.85. The maximum Gasteiger partial charge on any atom is 0.253 e. The molecule has 2 aliphatic rings. The van der Waals surface area contributed by atoms with Crippen LogP contribution in [0.5, 0.6) is 5.75 Å². The van der Waals surface area contributed by atoms with Crippen LogP contribution >= 0.6 is 0 Å². The molecule has 0 bridgehead atoms. The average Bonchev–Trinajstić information content (AvgIpc) is 2.78. The van der Waals surface area contributed by atoms with Gasteiger partial charge in [0.25, 0.3) is 11.5 Å². The first kappa shape index (κ1) is 24.3. The summed E-state index contributed by atoms with van der Waals surface area (Å²) < 4.78 is 11.8. The second-order valence-corrected chi connectivity index (χ2v) is 9.27. The van der Waals surface area contributed by atoms with E-state index in [1.807, 2.05) is 32.9 Å². The Hall–Kier alpha value is -2.84. The third kappa shape index (κ3) is 5.28. The molecule has 4 rings (SSSR count). The van der Waals surface area contributed by atoms with Gasteiger partial charge in [0.1, 0.15) is 11.9 Å². The molecule has 2 saturated heterocycles. The van der Waals surface area contributed by atoms with Crippen molar-refractivity contribution in [2.45, 2.75) is 59.2 Å².